The Hall–Kier alpha value is -0.450. The largest absolute Gasteiger partial charge is 0.308 e. The van der Waals surface area contributed by atoms with E-state index in [1.165, 1.54) is 34.8 Å². The Labute approximate surface area is 101 Å². The van der Waals surface area contributed by atoms with Crippen LogP contribution < -0.4 is 5.32 Å². The molecule has 2 aliphatic rings. The third-order valence-corrected chi connectivity index (χ3v) is 4.74. The van der Waals surface area contributed by atoms with E-state index in [1.807, 2.05) is 11.3 Å². The number of hydrogen-bond acceptors (Lipinski definition) is 4. The third kappa shape index (κ3) is 2.01. The summed E-state index contributed by atoms with van der Waals surface area (Å²) in [5.74, 6) is 0. The van der Waals surface area contributed by atoms with Crippen molar-refractivity contribution in [2.45, 2.75) is 38.3 Å². The fraction of sp³-hybridized carbons (Fsp3) is 0.750. The summed E-state index contributed by atoms with van der Waals surface area (Å²) >= 11 is 1.93. The molecule has 1 aromatic heterocycles. The number of piperidine rings is 1. The number of hydrogen-bond donors (Lipinski definition) is 1. The lowest BCUT2D eigenvalue weighted by atomic mass is 10.1. The third-order valence-electron chi connectivity index (χ3n) is 3.55. The number of rotatable bonds is 1. The van der Waals surface area contributed by atoms with Gasteiger partial charge in [0.2, 0.25) is 0 Å². The smallest absolute Gasteiger partial charge is 0.110 e. The van der Waals surface area contributed by atoms with Gasteiger partial charge in [0.05, 0.1) is 11.7 Å². The van der Waals surface area contributed by atoms with Gasteiger partial charge in [-0.05, 0) is 26.4 Å². The average Bonchev–Trinajstić information content (AvgIpc) is 2.73. The SMILES string of the molecule is CN1CCc2nc(C3CCCCN3)sc2C1. The zero-order chi connectivity index (χ0) is 11.0. The van der Waals surface area contributed by atoms with Gasteiger partial charge in [0.25, 0.3) is 0 Å². The second-order valence-corrected chi connectivity index (χ2v) is 6.03. The topological polar surface area (TPSA) is 28.2 Å². The van der Waals surface area contributed by atoms with Crippen LogP contribution in [0.2, 0.25) is 0 Å². The van der Waals surface area contributed by atoms with Crippen LogP contribution in [-0.4, -0.2) is 30.0 Å². The summed E-state index contributed by atoms with van der Waals surface area (Å²) in [6.45, 7) is 3.42. The molecule has 3 nitrogen and oxygen atoms in total. The van der Waals surface area contributed by atoms with E-state index in [9.17, 15) is 0 Å². The molecule has 1 atom stereocenters. The minimum Gasteiger partial charge on any atom is -0.308 e. The second kappa shape index (κ2) is 4.43. The van der Waals surface area contributed by atoms with E-state index in [4.69, 9.17) is 4.98 Å². The van der Waals surface area contributed by atoms with Gasteiger partial charge in [-0.1, -0.05) is 6.42 Å². The first-order valence-electron chi connectivity index (χ1n) is 6.23. The lowest BCUT2D eigenvalue weighted by Gasteiger charge is -2.21. The minimum atomic E-state index is 0.537. The van der Waals surface area contributed by atoms with Crippen molar-refractivity contribution in [1.29, 1.82) is 0 Å². The van der Waals surface area contributed by atoms with Crippen molar-refractivity contribution in [3.8, 4) is 0 Å². The summed E-state index contributed by atoms with van der Waals surface area (Å²) < 4.78 is 0. The van der Waals surface area contributed by atoms with Gasteiger partial charge in [-0.25, -0.2) is 4.98 Å². The van der Waals surface area contributed by atoms with Crippen LogP contribution in [0.15, 0.2) is 0 Å². The van der Waals surface area contributed by atoms with E-state index < -0.39 is 0 Å². The van der Waals surface area contributed by atoms with E-state index >= 15 is 0 Å². The summed E-state index contributed by atoms with van der Waals surface area (Å²) in [6.07, 6.45) is 5.07. The highest BCUT2D eigenvalue weighted by Gasteiger charge is 2.23. The molecule has 1 aromatic rings. The van der Waals surface area contributed by atoms with Gasteiger partial charge < -0.3 is 10.2 Å². The van der Waals surface area contributed by atoms with Crippen molar-refractivity contribution in [3.63, 3.8) is 0 Å². The molecule has 0 bridgehead atoms. The molecular weight excluding hydrogens is 218 g/mol. The van der Waals surface area contributed by atoms with Gasteiger partial charge in [-0.3, -0.25) is 0 Å². The molecule has 2 aliphatic heterocycles. The van der Waals surface area contributed by atoms with Gasteiger partial charge in [0.15, 0.2) is 0 Å². The fourth-order valence-electron chi connectivity index (χ4n) is 2.55. The maximum Gasteiger partial charge on any atom is 0.110 e. The number of nitrogens with zero attached hydrogens (tertiary/aromatic N) is 2. The van der Waals surface area contributed by atoms with Gasteiger partial charge in [-0.15, -0.1) is 11.3 Å². The highest BCUT2D eigenvalue weighted by Crippen LogP contribution is 2.31. The van der Waals surface area contributed by atoms with Crippen LogP contribution >= 0.6 is 11.3 Å². The molecule has 0 aliphatic carbocycles. The van der Waals surface area contributed by atoms with E-state index in [-0.39, 0.29) is 0 Å². The molecule has 3 rings (SSSR count). The van der Waals surface area contributed by atoms with Crippen molar-refractivity contribution in [2.24, 2.45) is 0 Å². The molecule has 16 heavy (non-hydrogen) atoms. The molecular formula is C12H19N3S. The second-order valence-electron chi connectivity index (χ2n) is 4.91. The summed E-state index contributed by atoms with van der Waals surface area (Å²) in [4.78, 5) is 8.72. The van der Waals surface area contributed by atoms with Gasteiger partial charge >= 0.3 is 0 Å². The van der Waals surface area contributed by atoms with Crippen LogP contribution in [0, 0.1) is 0 Å². The predicted octanol–water partition coefficient (Wildman–Crippen LogP) is 1.95. The average molecular weight is 237 g/mol. The number of nitrogens with one attached hydrogen (secondary N) is 1. The maximum atomic E-state index is 4.84. The number of likely N-dealkylation sites (N-methyl/N-ethyl adjacent to an activating group) is 1. The molecule has 1 saturated heterocycles. The fourth-order valence-corrected chi connectivity index (χ4v) is 3.86. The molecule has 0 amide bonds. The quantitative estimate of drug-likeness (QED) is 0.809. The molecule has 0 spiro atoms. The van der Waals surface area contributed by atoms with E-state index in [0.717, 1.165) is 26.1 Å². The lowest BCUT2D eigenvalue weighted by Crippen LogP contribution is -2.26. The Balaban J connectivity index is 1.80. The van der Waals surface area contributed by atoms with Crippen molar-refractivity contribution in [2.75, 3.05) is 20.1 Å². The first-order chi connectivity index (χ1) is 7.83. The van der Waals surface area contributed by atoms with Crippen molar-refractivity contribution in [1.82, 2.24) is 15.2 Å². The molecule has 4 heteroatoms. The zero-order valence-corrected chi connectivity index (χ0v) is 10.6. The van der Waals surface area contributed by atoms with Crippen molar-refractivity contribution >= 4 is 11.3 Å². The van der Waals surface area contributed by atoms with E-state index in [1.54, 1.807) is 0 Å². The summed E-state index contributed by atoms with van der Waals surface area (Å²) in [5, 5.41) is 4.92. The van der Waals surface area contributed by atoms with Crippen LogP contribution in [0.25, 0.3) is 0 Å². The Morgan fingerprint density at radius 2 is 2.38 bits per heavy atom. The highest BCUT2D eigenvalue weighted by molar-refractivity contribution is 7.11. The van der Waals surface area contributed by atoms with Crippen LogP contribution in [0.5, 0.6) is 0 Å². The summed E-state index contributed by atoms with van der Waals surface area (Å²) in [6, 6.07) is 0.537. The van der Waals surface area contributed by atoms with E-state index in [0.29, 0.717) is 6.04 Å². The Kier molecular flexibility index (Phi) is 2.96. The molecule has 1 fully saturated rings. The van der Waals surface area contributed by atoms with Gasteiger partial charge in [0.1, 0.15) is 5.01 Å². The van der Waals surface area contributed by atoms with Gasteiger partial charge in [0, 0.05) is 24.4 Å². The predicted molar refractivity (Wildman–Crippen MR) is 66.7 cm³/mol. The number of aromatic nitrogens is 1. The van der Waals surface area contributed by atoms with Crippen LogP contribution in [-0.2, 0) is 13.0 Å². The van der Waals surface area contributed by atoms with Gasteiger partial charge in [-0.2, -0.15) is 0 Å². The number of thiazole rings is 1. The molecule has 0 aromatic carbocycles. The van der Waals surface area contributed by atoms with Crippen molar-refractivity contribution < 1.29 is 0 Å². The standard InChI is InChI=1S/C12H19N3S/c1-15-7-5-9-11(8-15)16-12(14-9)10-4-2-3-6-13-10/h10,13H,2-8H2,1H3. The molecule has 88 valence electrons. The minimum absolute atomic E-state index is 0.537. The first-order valence-corrected chi connectivity index (χ1v) is 7.05. The lowest BCUT2D eigenvalue weighted by molar-refractivity contribution is 0.314. The molecule has 0 saturated carbocycles. The highest BCUT2D eigenvalue weighted by atomic mass is 32.1. The summed E-state index contributed by atoms with van der Waals surface area (Å²) in [7, 11) is 2.20. The summed E-state index contributed by atoms with van der Waals surface area (Å²) in [5.41, 5.74) is 1.37. The molecule has 1 N–H and O–H groups in total. The number of fused-ring (bicyclic) bond motifs is 1. The Morgan fingerprint density at radius 1 is 1.44 bits per heavy atom. The van der Waals surface area contributed by atoms with E-state index in [2.05, 4.69) is 17.3 Å². The Morgan fingerprint density at radius 3 is 3.19 bits per heavy atom. The van der Waals surface area contributed by atoms with Crippen molar-refractivity contribution in [3.05, 3.63) is 15.6 Å². The van der Waals surface area contributed by atoms with Crippen LogP contribution in [0.3, 0.4) is 0 Å². The Bertz CT molecular complexity index is 368. The molecule has 0 radical (unpaired) electrons. The van der Waals surface area contributed by atoms with Crippen LogP contribution in [0.1, 0.15) is 40.9 Å². The van der Waals surface area contributed by atoms with Crippen LogP contribution in [0.4, 0.5) is 0 Å². The maximum absolute atomic E-state index is 4.84. The zero-order valence-electron chi connectivity index (χ0n) is 9.83. The monoisotopic (exact) mass is 237 g/mol. The molecule has 1 unspecified atom stereocenters. The first kappa shape index (κ1) is 10.7. The molecule has 3 heterocycles. The normalized spacial score (nSPS) is 26.7.